The minimum atomic E-state index is -4.66. The highest BCUT2D eigenvalue weighted by molar-refractivity contribution is 5.93. The van der Waals surface area contributed by atoms with Crippen LogP contribution in [-0.4, -0.2) is 38.0 Å². The topological polar surface area (TPSA) is 63.6 Å². The van der Waals surface area contributed by atoms with Crippen molar-refractivity contribution in [2.75, 3.05) is 6.54 Å². The Bertz CT molecular complexity index is 1010. The van der Waals surface area contributed by atoms with E-state index in [-0.39, 0.29) is 34.7 Å². The molecule has 0 unspecified atom stereocenters. The number of hydrogen-bond acceptors (Lipinski definition) is 4. The van der Waals surface area contributed by atoms with Crippen molar-refractivity contribution in [2.45, 2.75) is 38.9 Å². The molecule has 0 spiro atoms. The molecule has 2 atom stereocenters. The molecule has 3 aromatic heterocycles. The number of furan rings is 1. The summed E-state index contributed by atoms with van der Waals surface area (Å²) in [5.41, 5.74) is -1.08. The largest absolute Gasteiger partial charge is 0.463 e. The van der Waals surface area contributed by atoms with Crippen molar-refractivity contribution in [1.29, 1.82) is 0 Å². The maximum atomic E-state index is 13.6. The van der Waals surface area contributed by atoms with E-state index in [0.717, 1.165) is 18.9 Å². The molecule has 6 nitrogen and oxygen atoms in total. The van der Waals surface area contributed by atoms with Gasteiger partial charge in [0.2, 0.25) is 0 Å². The molecule has 9 heteroatoms. The van der Waals surface area contributed by atoms with Gasteiger partial charge in [-0.05, 0) is 43.9 Å². The van der Waals surface area contributed by atoms with Gasteiger partial charge in [0.15, 0.2) is 22.8 Å². The summed E-state index contributed by atoms with van der Waals surface area (Å²) in [6.45, 7) is 4.55. The third-order valence-corrected chi connectivity index (χ3v) is 5.09. The maximum Gasteiger partial charge on any atom is 0.433 e. The van der Waals surface area contributed by atoms with Crippen molar-refractivity contribution in [1.82, 2.24) is 19.5 Å². The first-order chi connectivity index (χ1) is 13.2. The summed E-state index contributed by atoms with van der Waals surface area (Å²) in [5, 5.41) is 3.95. The zero-order valence-corrected chi connectivity index (χ0v) is 15.4. The number of nitrogens with zero attached hydrogens (tertiary/aromatic N) is 4. The van der Waals surface area contributed by atoms with Gasteiger partial charge in [0.25, 0.3) is 5.91 Å². The number of hydrogen-bond donors (Lipinski definition) is 0. The third-order valence-electron chi connectivity index (χ3n) is 5.09. The maximum absolute atomic E-state index is 13.6. The van der Waals surface area contributed by atoms with Crippen LogP contribution >= 0.6 is 0 Å². The Kier molecular flexibility index (Phi) is 4.40. The van der Waals surface area contributed by atoms with E-state index in [1.54, 1.807) is 11.0 Å². The van der Waals surface area contributed by atoms with Crippen LogP contribution in [0, 0.1) is 5.92 Å². The minimum absolute atomic E-state index is 0.0160. The number of aromatic nitrogens is 3. The van der Waals surface area contributed by atoms with Crippen LogP contribution in [-0.2, 0) is 6.18 Å². The van der Waals surface area contributed by atoms with E-state index in [0.29, 0.717) is 17.0 Å². The number of alkyl halides is 3. The van der Waals surface area contributed by atoms with Crippen LogP contribution in [0.25, 0.3) is 17.1 Å². The van der Waals surface area contributed by atoms with Gasteiger partial charge in [0.1, 0.15) is 5.69 Å². The summed E-state index contributed by atoms with van der Waals surface area (Å²) in [6, 6.07) is 5.29. The van der Waals surface area contributed by atoms with E-state index in [9.17, 15) is 18.0 Å². The van der Waals surface area contributed by atoms with Crippen molar-refractivity contribution < 1.29 is 22.4 Å². The Hall–Kier alpha value is -2.84. The lowest BCUT2D eigenvalue weighted by atomic mass is 9.95. The second kappa shape index (κ2) is 6.65. The number of carbonyl (C=O) groups excluding carboxylic acids is 1. The van der Waals surface area contributed by atoms with Gasteiger partial charge in [-0.15, -0.1) is 0 Å². The van der Waals surface area contributed by atoms with E-state index in [4.69, 9.17) is 4.42 Å². The number of piperidine rings is 1. The molecule has 1 aliphatic heterocycles. The summed E-state index contributed by atoms with van der Waals surface area (Å²) >= 11 is 0. The molecule has 0 aromatic carbocycles. The number of likely N-dealkylation sites (tertiary alicyclic amines) is 1. The summed E-state index contributed by atoms with van der Waals surface area (Å²) in [5.74, 6) is 0.171. The quantitative estimate of drug-likeness (QED) is 0.653. The lowest BCUT2D eigenvalue weighted by molar-refractivity contribution is -0.142. The van der Waals surface area contributed by atoms with Gasteiger partial charge in [-0.2, -0.15) is 18.3 Å². The zero-order valence-electron chi connectivity index (χ0n) is 15.4. The first-order valence-corrected chi connectivity index (χ1v) is 9.07. The van der Waals surface area contributed by atoms with Crippen molar-refractivity contribution in [3.8, 4) is 11.5 Å². The van der Waals surface area contributed by atoms with E-state index in [1.807, 2.05) is 6.92 Å². The standard InChI is InChI=1S/C19H19F3N4O2/c1-11-5-6-12(2)25(10-11)18(27)14-9-17-23-13(15-4-3-7-28-15)8-16(19(20,21)22)26(17)24-14/h3-4,7-9,11-12H,5-6,10H2,1-2H3/t11-,12+/m1/s1. The lowest BCUT2D eigenvalue weighted by Gasteiger charge is -2.36. The van der Waals surface area contributed by atoms with Gasteiger partial charge in [-0.25, -0.2) is 9.50 Å². The average Bonchev–Trinajstić information content (AvgIpc) is 3.30. The predicted molar refractivity (Wildman–Crippen MR) is 94.6 cm³/mol. The fourth-order valence-corrected chi connectivity index (χ4v) is 3.55. The van der Waals surface area contributed by atoms with Gasteiger partial charge >= 0.3 is 6.18 Å². The second-order valence-electron chi connectivity index (χ2n) is 7.29. The highest BCUT2D eigenvalue weighted by atomic mass is 19.4. The van der Waals surface area contributed by atoms with Crippen LogP contribution < -0.4 is 0 Å². The zero-order chi connectivity index (χ0) is 20.1. The van der Waals surface area contributed by atoms with Gasteiger partial charge < -0.3 is 9.32 Å². The molecule has 0 aliphatic carbocycles. The van der Waals surface area contributed by atoms with Crippen molar-refractivity contribution in [3.05, 3.63) is 41.9 Å². The minimum Gasteiger partial charge on any atom is -0.463 e. The van der Waals surface area contributed by atoms with Gasteiger partial charge in [-0.1, -0.05) is 6.92 Å². The number of carbonyl (C=O) groups is 1. The first-order valence-electron chi connectivity index (χ1n) is 9.07. The Morgan fingerprint density at radius 2 is 2.04 bits per heavy atom. The Morgan fingerprint density at radius 1 is 1.25 bits per heavy atom. The highest BCUT2D eigenvalue weighted by Gasteiger charge is 2.36. The average molecular weight is 392 g/mol. The molecule has 4 heterocycles. The SMILES string of the molecule is C[C@@H]1CC[C@H](C)N(C(=O)c2cc3nc(-c4ccco4)cc(C(F)(F)F)n3n2)C1. The molecule has 1 amide bonds. The molecular formula is C19H19F3N4O2. The van der Waals surface area contributed by atoms with Crippen LogP contribution in [0.3, 0.4) is 0 Å². The van der Waals surface area contributed by atoms with Crippen LogP contribution in [0.1, 0.15) is 42.9 Å². The first kappa shape index (κ1) is 18.5. The number of rotatable bonds is 2. The number of halogens is 3. The Balaban J connectivity index is 1.80. The molecular weight excluding hydrogens is 373 g/mol. The molecule has 28 heavy (non-hydrogen) atoms. The smallest absolute Gasteiger partial charge is 0.433 e. The van der Waals surface area contributed by atoms with Crippen molar-refractivity contribution in [3.63, 3.8) is 0 Å². The van der Waals surface area contributed by atoms with Gasteiger partial charge in [0, 0.05) is 18.7 Å². The third kappa shape index (κ3) is 3.25. The molecule has 4 rings (SSSR count). The molecule has 148 valence electrons. The molecule has 3 aromatic rings. The monoisotopic (exact) mass is 392 g/mol. The summed E-state index contributed by atoms with van der Waals surface area (Å²) < 4.78 is 46.7. The van der Waals surface area contributed by atoms with Crippen LogP contribution in [0.2, 0.25) is 0 Å². The van der Waals surface area contributed by atoms with Crippen molar-refractivity contribution >= 4 is 11.6 Å². The van der Waals surface area contributed by atoms with E-state index >= 15 is 0 Å². The van der Waals surface area contributed by atoms with E-state index in [2.05, 4.69) is 17.0 Å². The van der Waals surface area contributed by atoms with Crippen LogP contribution in [0.4, 0.5) is 13.2 Å². The fourth-order valence-electron chi connectivity index (χ4n) is 3.55. The Morgan fingerprint density at radius 3 is 2.71 bits per heavy atom. The van der Waals surface area contributed by atoms with Crippen LogP contribution in [0.15, 0.2) is 34.9 Å². The normalized spacial score (nSPS) is 20.7. The van der Waals surface area contributed by atoms with E-state index in [1.165, 1.54) is 18.4 Å². The molecule has 1 aliphatic rings. The Labute approximate surface area is 159 Å². The van der Waals surface area contributed by atoms with E-state index < -0.39 is 11.9 Å². The number of amides is 1. The predicted octanol–water partition coefficient (Wildman–Crippen LogP) is 4.27. The second-order valence-corrected chi connectivity index (χ2v) is 7.29. The molecule has 0 radical (unpaired) electrons. The van der Waals surface area contributed by atoms with Crippen LogP contribution in [0.5, 0.6) is 0 Å². The summed E-state index contributed by atoms with van der Waals surface area (Å²) in [4.78, 5) is 18.8. The van der Waals surface area contributed by atoms with Gasteiger partial charge in [0.05, 0.1) is 6.26 Å². The van der Waals surface area contributed by atoms with Gasteiger partial charge in [-0.3, -0.25) is 4.79 Å². The molecule has 0 bridgehead atoms. The summed E-state index contributed by atoms with van der Waals surface area (Å²) in [6.07, 6.45) is -1.43. The lowest BCUT2D eigenvalue weighted by Crippen LogP contribution is -2.45. The van der Waals surface area contributed by atoms with Crippen molar-refractivity contribution in [2.24, 2.45) is 5.92 Å². The molecule has 1 saturated heterocycles. The summed E-state index contributed by atoms with van der Waals surface area (Å²) in [7, 11) is 0. The molecule has 1 fully saturated rings. The highest BCUT2D eigenvalue weighted by Crippen LogP contribution is 2.33. The fraction of sp³-hybridized carbons (Fsp3) is 0.421. The molecule has 0 N–H and O–H groups in total. The molecule has 0 saturated carbocycles. The number of fused-ring (bicyclic) bond motifs is 1.